The molecule has 0 radical (unpaired) electrons. The standard InChI is InChI=1S/C16H20N4O3S2/c1-4-10(2)14(22)18-15-19-20-16(25-15)24-9-13(21)17-11-6-5-7-12(8-11)23-3/h5-8,10H,4,9H2,1-3H3,(H,17,21)(H,18,19,22). The van der Waals surface area contributed by atoms with Gasteiger partial charge in [-0.15, -0.1) is 10.2 Å². The van der Waals surface area contributed by atoms with Crippen LogP contribution in [0.5, 0.6) is 5.75 Å². The molecule has 0 aliphatic carbocycles. The minimum Gasteiger partial charge on any atom is -0.497 e. The van der Waals surface area contributed by atoms with Crippen LogP contribution in [0.4, 0.5) is 10.8 Å². The average Bonchev–Trinajstić information content (AvgIpc) is 3.06. The SMILES string of the molecule is CCC(C)C(=O)Nc1nnc(SCC(=O)Nc2cccc(OC)c2)s1. The van der Waals surface area contributed by atoms with Crippen LogP contribution in [0.2, 0.25) is 0 Å². The predicted molar refractivity (Wildman–Crippen MR) is 100 cm³/mol. The lowest BCUT2D eigenvalue weighted by atomic mass is 10.1. The molecule has 0 fully saturated rings. The van der Waals surface area contributed by atoms with Crippen LogP contribution in [0.25, 0.3) is 0 Å². The summed E-state index contributed by atoms with van der Waals surface area (Å²) < 4.78 is 5.74. The van der Waals surface area contributed by atoms with Crippen molar-refractivity contribution in [3.05, 3.63) is 24.3 Å². The first-order valence-electron chi connectivity index (χ1n) is 7.73. The van der Waals surface area contributed by atoms with Crippen molar-refractivity contribution in [1.29, 1.82) is 0 Å². The molecule has 0 aliphatic heterocycles. The Morgan fingerprint density at radius 2 is 2.12 bits per heavy atom. The number of rotatable bonds is 8. The Morgan fingerprint density at radius 3 is 2.84 bits per heavy atom. The third kappa shape index (κ3) is 6.02. The van der Waals surface area contributed by atoms with Gasteiger partial charge in [0.05, 0.1) is 12.9 Å². The number of carbonyl (C=O) groups is 2. The quantitative estimate of drug-likeness (QED) is 0.539. The molecule has 0 bridgehead atoms. The van der Waals surface area contributed by atoms with Crippen molar-refractivity contribution >= 4 is 45.7 Å². The lowest BCUT2D eigenvalue weighted by Gasteiger charge is -2.06. The van der Waals surface area contributed by atoms with Gasteiger partial charge in [-0.1, -0.05) is 43.0 Å². The van der Waals surface area contributed by atoms with E-state index in [2.05, 4.69) is 20.8 Å². The van der Waals surface area contributed by atoms with Crippen LogP contribution >= 0.6 is 23.1 Å². The minimum atomic E-state index is -0.154. The Bertz CT molecular complexity index is 736. The maximum Gasteiger partial charge on any atom is 0.234 e. The second-order valence-electron chi connectivity index (χ2n) is 5.24. The van der Waals surface area contributed by atoms with Gasteiger partial charge in [0.25, 0.3) is 0 Å². The summed E-state index contributed by atoms with van der Waals surface area (Å²) in [5.74, 6) is 0.569. The number of nitrogens with zero attached hydrogens (tertiary/aromatic N) is 2. The van der Waals surface area contributed by atoms with E-state index < -0.39 is 0 Å². The molecule has 2 N–H and O–H groups in total. The van der Waals surface area contributed by atoms with Crippen molar-refractivity contribution in [2.45, 2.75) is 24.6 Å². The molecule has 7 nitrogen and oxygen atoms in total. The van der Waals surface area contributed by atoms with Crippen molar-refractivity contribution in [2.24, 2.45) is 5.92 Å². The molecule has 25 heavy (non-hydrogen) atoms. The fourth-order valence-corrected chi connectivity index (χ4v) is 3.31. The molecule has 0 saturated carbocycles. The maximum absolute atomic E-state index is 12.0. The number of methoxy groups -OCH3 is 1. The minimum absolute atomic E-state index is 0.0753. The fourth-order valence-electron chi connectivity index (χ4n) is 1.76. The number of thioether (sulfide) groups is 1. The molecule has 134 valence electrons. The summed E-state index contributed by atoms with van der Waals surface area (Å²) in [5.41, 5.74) is 0.670. The lowest BCUT2D eigenvalue weighted by Crippen LogP contribution is -2.19. The van der Waals surface area contributed by atoms with Crippen LogP contribution in [0.1, 0.15) is 20.3 Å². The van der Waals surface area contributed by atoms with E-state index in [1.807, 2.05) is 13.8 Å². The first kappa shape index (κ1) is 19.2. The van der Waals surface area contributed by atoms with Crippen LogP contribution in [-0.4, -0.2) is 34.9 Å². The number of benzene rings is 1. The van der Waals surface area contributed by atoms with Crippen LogP contribution in [0.3, 0.4) is 0 Å². The summed E-state index contributed by atoms with van der Waals surface area (Å²) in [6.07, 6.45) is 0.761. The number of amides is 2. The topological polar surface area (TPSA) is 93.2 Å². The van der Waals surface area contributed by atoms with E-state index in [0.717, 1.165) is 6.42 Å². The number of nitrogens with one attached hydrogen (secondary N) is 2. The number of aromatic nitrogens is 2. The van der Waals surface area contributed by atoms with E-state index in [1.54, 1.807) is 31.4 Å². The summed E-state index contributed by atoms with van der Waals surface area (Å²) in [6.45, 7) is 3.81. The van der Waals surface area contributed by atoms with E-state index in [9.17, 15) is 9.59 Å². The zero-order valence-electron chi connectivity index (χ0n) is 14.2. The summed E-state index contributed by atoms with van der Waals surface area (Å²) in [7, 11) is 1.57. The molecular weight excluding hydrogens is 360 g/mol. The van der Waals surface area contributed by atoms with Crippen LogP contribution in [0, 0.1) is 5.92 Å². The third-order valence-corrected chi connectivity index (χ3v) is 5.35. The number of hydrogen-bond donors (Lipinski definition) is 2. The first-order chi connectivity index (χ1) is 12.0. The molecule has 1 aromatic carbocycles. The second-order valence-corrected chi connectivity index (χ2v) is 7.44. The van der Waals surface area contributed by atoms with Gasteiger partial charge in [-0.3, -0.25) is 9.59 Å². The highest BCUT2D eigenvalue weighted by atomic mass is 32.2. The summed E-state index contributed by atoms with van der Waals surface area (Å²) in [5, 5.41) is 13.9. The van der Waals surface area contributed by atoms with Gasteiger partial charge in [0.1, 0.15) is 5.75 Å². The van der Waals surface area contributed by atoms with Crippen LogP contribution in [0.15, 0.2) is 28.6 Å². The Balaban J connectivity index is 1.83. The number of carbonyl (C=O) groups excluding carboxylic acids is 2. The van der Waals surface area contributed by atoms with Crippen molar-refractivity contribution in [1.82, 2.24) is 10.2 Å². The highest BCUT2D eigenvalue weighted by molar-refractivity contribution is 8.01. The number of hydrogen-bond acceptors (Lipinski definition) is 7. The van der Waals surface area contributed by atoms with Gasteiger partial charge in [-0.2, -0.15) is 0 Å². The third-order valence-electron chi connectivity index (χ3n) is 3.38. The fraction of sp³-hybridized carbons (Fsp3) is 0.375. The van der Waals surface area contributed by atoms with Gasteiger partial charge >= 0.3 is 0 Å². The van der Waals surface area contributed by atoms with Crippen molar-refractivity contribution < 1.29 is 14.3 Å². The van der Waals surface area contributed by atoms with Gasteiger partial charge in [-0.05, 0) is 18.6 Å². The molecule has 1 aromatic heterocycles. The van der Waals surface area contributed by atoms with Crippen LogP contribution < -0.4 is 15.4 Å². The molecule has 0 spiro atoms. The van der Waals surface area contributed by atoms with Crippen LogP contribution in [-0.2, 0) is 9.59 Å². The van der Waals surface area contributed by atoms with Crippen molar-refractivity contribution in [3.8, 4) is 5.75 Å². The molecule has 2 rings (SSSR count). The highest BCUT2D eigenvalue weighted by Crippen LogP contribution is 2.26. The van der Waals surface area contributed by atoms with Crippen molar-refractivity contribution in [3.63, 3.8) is 0 Å². The smallest absolute Gasteiger partial charge is 0.234 e. The van der Waals surface area contributed by atoms with Crippen molar-refractivity contribution in [2.75, 3.05) is 23.5 Å². The van der Waals surface area contributed by atoms with E-state index in [0.29, 0.717) is 20.9 Å². The van der Waals surface area contributed by atoms with E-state index in [1.165, 1.54) is 23.1 Å². The zero-order valence-corrected chi connectivity index (χ0v) is 15.9. The molecule has 2 aromatic rings. The van der Waals surface area contributed by atoms with E-state index in [4.69, 9.17) is 4.74 Å². The Morgan fingerprint density at radius 1 is 1.32 bits per heavy atom. The highest BCUT2D eigenvalue weighted by Gasteiger charge is 2.14. The number of anilines is 2. The first-order valence-corrected chi connectivity index (χ1v) is 9.53. The van der Waals surface area contributed by atoms with Gasteiger partial charge < -0.3 is 15.4 Å². The molecule has 1 unspecified atom stereocenters. The second kappa shape index (κ2) is 9.38. The largest absolute Gasteiger partial charge is 0.497 e. The molecular formula is C16H20N4O3S2. The molecule has 0 saturated heterocycles. The van der Waals surface area contributed by atoms with E-state index in [-0.39, 0.29) is 23.5 Å². The zero-order chi connectivity index (χ0) is 18.2. The lowest BCUT2D eigenvalue weighted by molar-refractivity contribution is -0.119. The monoisotopic (exact) mass is 380 g/mol. The number of ether oxygens (including phenoxy) is 1. The molecule has 9 heteroatoms. The normalized spacial score (nSPS) is 11.6. The van der Waals surface area contributed by atoms with Gasteiger partial charge in [0.2, 0.25) is 16.9 Å². The van der Waals surface area contributed by atoms with E-state index >= 15 is 0 Å². The van der Waals surface area contributed by atoms with Gasteiger partial charge in [-0.25, -0.2) is 0 Å². The summed E-state index contributed by atoms with van der Waals surface area (Å²) in [4.78, 5) is 23.8. The average molecular weight is 380 g/mol. The Kier molecular flexibility index (Phi) is 7.20. The van der Waals surface area contributed by atoms with Gasteiger partial charge in [0.15, 0.2) is 4.34 Å². The predicted octanol–water partition coefficient (Wildman–Crippen LogP) is 3.26. The van der Waals surface area contributed by atoms with Gasteiger partial charge in [0, 0.05) is 17.7 Å². The maximum atomic E-state index is 12.0. The Hall–Kier alpha value is -2.13. The summed E-state index contributed by atoms with van der Waals surface area (Å²) in [6, 6.07) is 7.15. The molecule has 0 aliphatic rings. The summed E-state index contributed by atoms with van der Waals surface area (Å²) >= 11 is 2.52. The molecule has 2 amide bonds. The Labute approximate surface area is 154 Å². The molecule has 1 heterocycles. The molecule has 1 atom stereocenters.